The first-order chi connectivity index (χ1) is 15.7. The number of nitriles is 1. The van der Waals surface area contributed by atoms with Crippen LogP contribution in [-0.4, -0.2) is 10.9 Å². The van der Waals surface area contributed by atoms with Crippen molar-refractivity contribution < 1.29 is 4.79 Å². The summed E-state index contributed by atoms with van der Waals surface area (Å²) in [7, 11) is 0. The number of carbonyl (C=O) groups is 1. The molecule has 0 fully saturated rings. The van der Waals surface area contributed by atoms with Crippen LogP contribution in [0.25, 0.3) is 0 Å². The first-order valence-corrected chi connectivity index (χ1v) is 10.6. The maximum absolute atomic E-state index is 14.3. The molecule has 3 aromatic carbocycles. The lowest BCUT2D eigenvalue weighted by molar-refractivity contribution is -0.122. The van der Waals surface area contributed by atoms with E-state index in [1.54, 1.807) is 18.5 Å². The first kappa shape index (κ1) is 22.3. The molecule has 162 valence electrons. The Kier molecular flexibility index (Phi) is 6.26. The van der Waals surface area contributed by atoms with Crippen LogP contribution in [-0.2, 0) is 23.1 Å². The second-order valence-corrected chi connectivity index (χ2v) is 8.10. The number of nitrogens with zero attached hydrogens (tertiary/aromatic N) is 3. The molecule has 0 saturated carbocycles. The maximum Gasteiger partial charge on any atom is 0.242 e. The van der Waals surface area contributed by atoms with Crippen molar-refractivity contribution in [2.24, 2.45) is 0 Å². The molecule has 1 aromatic heterocycles. The number of amides is 1. The molecule has 0 N–H and O–H groups in total. The summed E-state index contributed by atoms with van der Waals surface area (Å²) in [5.41, 5.74) is 4.60. The molecule has 0 saturated heterocycles. The number of halogens is 1. The van der Waals surface area contributed by atoms with Gasteiger partial charge in [-0.1, -0.05) is 48.5 Å². The highest BCUT2D eigenvalue weighted by molar-refractivity contribution is 6.13. The largest absolute Gasteiger partial charge is 0.280 e. The van der Waals surface area contributed by atoms with Crippen LogP contribution in [0.3, 0.4) is 0 Å². The van der Waals surface area contributed by atoms with E-state index in [2.05, 4.69) is 17.1 Å². The molecule has 1 amide bonds. The SMILES string of the molecule is Cl.N#Cc1cccc(CC2(Cc3ccncc3)C(=O)N(c3ccccc3)c3ccccc32)c1. The van der Waals surface area contributed by atoms with Gasteiger partial charge in [-0.25, -0.2) is 0 Å². The van der Waals surface area contributed by atoms with Crippen molar-refractivity contribution in [3.63, 3.8) is 0 Å². The number of carbonyl (C=O) groups excluding carboxylic acids is 1. The topological polar surface area (TPSA) is 57.0 Å². The van der Waals surface area contributed by atoms with Gasteiger partial charge in [-0.2, -0.15) is 5.26 Å². The molecule has 0 spiro atoms. The Morgan fingerprint density at radius 1 is 0.818 bits per heavy atom. The molecule has 1 atom stereocenters. The Labute approximate surface area is 199 Å². The van der Waals surface area contributed by atoms with Gasteiger partial charge in [0, 0.05) is 18.1 Å². The fraction of sp³-hybridized carbons (Fsp3) is 0.107. The Hall–Kier alpha value is -3.94. The third-order valence-corrected chi connectivity index (χ3v) is 6.10. The van der Waals surface area contributed by atoms with Crippen LogP contribution in [0.4, 0.5) is 11.4 Å². The molecule has 5 rings (SSSR count). The van der Waals surface area contributed by atoms with Gasteiger partial charge < -0.3 is 0 Å². The van der Waals surface area contributed by atoms with Crippen LogP contribution in [0.1, 0.15) is 22.3 Å². The molecule has 1 unspecified atom stereocenters. The summed E-state index contributed by atoms with van der Waals surface area (Å²) < 4.78 is 0. The summed E-state index contributed by atoms with van der Waals surface area (Å²) in [5, 5.41) is 9.39. The quantitative estimate of drug-likeness (QED) is 0.386. The van der Waals surface area contributed by atoms with Crippen LogP contribution in [0.2, 0.25) is 0 Å². The Morgan fingerprint density at radius 3 is 2.27 bits per heavy atom. The lowest BCUT2D eigenvalue weighted by atomic mass is 9.72. The van der Waals surface area contributed by atoms with Crippen molar-refractivity contribution in [1.29, 1.82) is 5.26 Å². The van der Waals surface area contributed by atoms with E-state index in [1.165, 1.54) is 0 Å². The Balaban J connectivity index is 0.00000259. The van der Waals surface area contributed by atoms with E-state index in [4.69, 9.17) is 0 Å². The van der Waals surface area contributed by atoms with Crippen molar-refractivity contribution in [1.82, 2.24) is 4.98 Å². The van der Waals surface area contributed by atoms with Gasteiger partial charge in [-0.05, 0) is 72.0 Å². The molecular weight excluding hydrogens is 430 g/mol. The maximum atomic E-state index is 14.3. The summed E-state index contributed by atoms with van der Waals surface area (Å²) in [4.78, 5) is 20.3. The Morgan fingerprint density at radius 2 is 1.52 bits per heavy atom. The highest BCUT2D eigenvalue weighted by Crippen LogP contribution is 2.48. The van der Waals surface area contributed by atoms with Crippen molar-refractivity contribution in [2.75, 3.05) is 4.90 Å². The molecule has 0 bridgehead atoms. The van der Waals surface area contributed by atoms with Crippen LogP contribution >= 0.6 is 12.4 Å². The monoisotopic (exact) mass is 451 g/mol. The van der Waals surface area contributed by atoms with E-state index in [0.29, 0.717) is 18.4 Å². The number of anilines is 2. The van der Waals surface area contributed by atoms with Gasteiger partial charge in [0.1, 0.15) is 0 Å². The molecular formula is C28H22ClN3O. The molecule has 4 nitrogen and oxygen atoms in total. The van der Waals surface area contributed by atoms with Gasteiger partial charge in [0.15, 0.2) is 0 Å². The lowest BCUT2D eigenvalue weighted by Crippen LogP contribution is -2.42. The second-order valence-electron chi connectivity index (χ2n) is 8.10. The third-order valence-electron chi connectivity index (χ3n) is 6.10. The average Bonchev–Trinajstić information content (AvgIpc) is 3.08. The summed E-state index contributed by atoms with van der Waals surface area (Å²) in [6, 6.07) is 31.5. The van der Waals surface area contributed by atoms with Crippen molar-refractivity contribution in [3.8, 4) is 6.07 Å². The summed E-state index contributed by atoms with van der Waals surface area (Å²) >= 11 is 0. The van der Waals surface area contributed by atoms with E-state index in [0.717, 1.165) is 28.1 Å². The molecule has 33 heavy (non-hydrogen) atoms. The minimum absolute atomic E-state index is 0. The number of hydrogen-bond donors (Lipinski definition) is 0. The van der Waals surface area contributed by atoms with Crippen molar-refractivity contribution >= 4 is 29.7 Å². The van der Waals surface area contributed by atoms with Crippen molar-refractivity contribution in [3.05, 3.63) is 126 Å². The number of hydrogen-bond acceptors (Lipinski definition) is 3. The van der Waals surface area contributed by atoms with Gasteiger partial charge in [0.2, 0.25) is 5.91 Å². The third kappa shape index (κ3) is 4.00. The Bertz CT molecular complexity index is 1320. The number of pyridine rings is 1. The molecule has 5 heteroatoms. The van der Waals surface area contributed by atoms with Crippen LogP contribution in [0.5, 0.6) is 0 Å². The number of fused-ring (bicyclic) bond motifs is 1. The van der Waals surface area contributed by atoms with Crippen LogP contribution in [0, 0.1) is 11.3 Å². The van der Waals surface area contributed by atoms with Gasteiger partial charge >= 0.3 is 0 Å². The van der Waals surface area contributed by atoms with E-state index in [-0.39, 0.29) is 18.3 Å². The fourth-order valence-corrected chi connectivity index (χ4v) is 4.70. The molecule has 0 aliphatic carbocycles. The first-order valence-electron chi connectivity index (χ1n) is 10.6. The van der Waals surface area contributed by atoms with E-state index >= 15 is 0 Å². The number of aromatic nitrogens is 1. The standard InChI is InChI=1S/C28H21N3O.ClH/c29-20-23-8-6-7-22(17-23)19-28(18-21-13-15-30-16-14-21)25-11-4-5-12-26(25)31(27(28)32)24-9-2-1-3-10-24;/h1-17H,18-19H2;1H. The predicted octanol–water partition coefficient (Wildman–Crippen LogP) is 5.78. The van der Waals surface area contributed by atoms with Crippen LogP contribution in [0.15, 0.2) is 103 Å². The van der Waals surface area contributed by atoms with Gasteiger partial charge in [0.05, 0.1) is 22.7 Å². The van der Waals surface area contributed by atoms with E-state index < -0.39 is 5.41 Å². The average molecular weight is 452 g/mol. The van der Waals surface area contributed by atoms with Gasteiger partial charge in [-0.15, -0.1) is 12.4 Å². The van der Waals surface area contributed by atoms with Gasteiger partial charge in [0.25, 0.3) is 0 Å². The highest BCUT2D eigenvalue weighted by atomic mass is 35.5. The number of rotatable bonds is 5. The smallest absolute Gasteiger partial charge is 0.242 e. The van der Waals surface area contributed by atoms with Crippen LogP contribution < -0.4 is 4.90 Å². The zero-order chi connectivity index (χ0) is 22.0. The zero-order valence-electron chi connectivity index (χ0n) is 17.9. The molecule has 1 aliphatic heterocycles. The zero-order valence-corrected chi connectivity index (χ0v) is 18.7. The number of para-hydroxylation sites is 2. The normalized spacial score (nSPS) is 16.6. The lowest BCUT2D eigenvalue weighted by Gasteiger charge is -2.29. The summed E-state index contributed by atoms with van der Waals surface area (Å²) in [6.45, 7) is 0. The molecule has 4 aromatic rings. The number of benzene rings is 3. The summed E-state index contributed by atoms with van der Waals surface area (Å²) in [5.74, 6) is 0.0454. The molecule has 0 radical (unpaired) electrons. The minimum atomic E-state index is -0.790. The summed E-state index contributed by atoms with van der Waals surface area (Å²) in [6.07, 6.45) is 4.58. The van der Waals surface area contributed by atoms with Crippen molar-refractivity contribution in [2.45, 2.75) is 18.3 Å². The molecule has 1 aliphatic rings. The predicted molar refractivity (Wildman–Crippen MR) is 132 cm³/mol. The molecule has 2 heterocycles. The van der Waals surface area contributed by atoms with E-state index in [1.807, 2.05) is 83.8 Å². The highest BCUT2D eigenvalue weighted by Gasteiger charge is 2.51. The fourth-order valence-electron chi connectivity index (χ4n) is 4.70. The minimum Gasteiger partial charge on any atom is -0.280 e. The van der Waals surface area contributed by atoms with E-state index in [9.17, 15) is 10.1 Å². The second kappa shape index (κ2) is 9.28. The van der Waals surface area contributed by atoms with Gasteiger partial charge in [-0.3, -0.25) is 14.7 Å².